The number of hydrogen-bond donors (Lipinski definition) is 1. The molecule has 110 valence electrons. The van der Waals surface area contributed by atoms with Gasteiger partial charge in [0.1, 0.15) is 0 Å². The minimum absolute atomic E-state index is 0.229. The van der Waals surface area contributed by atoms with Gasteiger partial charge in [0.15, 0.2) is 0 Å². The first-order valence-electron chi connectivity index (χ1n) is 6.61. The molecule has 0 saturated carbocycles. The zero-order chi connectivity index (χ0) is 15.5. The van der Waals surface area contributed by atoms with Crippen molar-refractivity contribution >= 4 is 5.97 Å². The normalized spacial score (nSPS) is 12.8. The molecule has 2 rings (SSSR count). The number of esters is 1. The number of carbonyl (C=O) groups is 1. The molecule has 0 heterocycles. The fraction of sp³-hybridized carbons (Fsp3) is 0.235. The Morgan fingerprint density at radius 1 is 1.10 bits per heavy atom. The summed E-state index contributed by atoms with van der Waals surface area (Å²) in [7, 11) is 0. The third kappa shape index (κ3) is 3.89. The summed E-state index contributed by atoms with van der Waals surface area (Å²) in [5.74, 6) is -0.713. The Bertz CT molecular complexity index is 600. The summed E-state index contributed by atoms with van der Waals surface area (Å²) in [6.07, 6.45) is -1.84. The molecule has 0 aliphatic carbocycles. The molecule has 0 saturated heterocycles. The SMILES string of the molecule is CC(C)(O)c1ccc(C(F)OC(=O)c2ccccc2)cc1. The third-order valence-corrected chi connectivity index (χ3v) is 3.10. The van der Waals surface area contributed by atoms with Crippen molar-refractivity contribution in [2.45, 2.75) is 25.8 Å². The van der Waals surface area contributed by atoms with Crippen molar-refractivity contribution in [2.24, 2.45) is 0 Å². The summed E-state index contributed by atoms with van der Waals surface area (Å²) in [6, 6.07) is 14.5. The maximum absolute atomic E-state index is 14.0. The highest BCUT2D eigenvalue weighted by Crippen LogP contribution is 2.25. The van der Waals surface area contributed by atoms with E-state index in [1.165, 1.54) is 12.1 Å². The molecule has 0 fully saturated rings. The lowest BCUT2D eigenvalue weighted by Crippen LogP contribution is -2.15. The smallest absolute Gasteiger partial charge is 0.340 e. The molecule has 4 heteroatoms. The van der Waals surface area contributed by atoms with Crippen LogP contribution in [0.25, 0.3) is 0 Å². The Kier molecular flexibility index (Phi) is 4.38. The molecule has 0 amide bonds. The molecule has 1 N–H and O–H groups in total. The first kappa shape index (κ1) is 15.2. The van der Waals surface area contributed by atoms with Gasteiger partial charge in [-0.05, 0) is 31.5 Å². The van der Waals surface area contributed by atoms with Crippen LogP contribution < -0.4 is 0 Å². The maximum Gasteiger partial charge on any atom is 0.340 e. The lowest BCUT2D eigenvalue weighted by molar-refractivity contribution is -0.0165. The minimum Gasteiger partial charge on any atom is -0.423 e. The number of benzene rings is 2. The average Bonchev–Trinajstić information content (AvgIpc) is 2.47. The Morgan fingerprint density at radius 2 is 1.67 bits per heavy atom. The highest BCUT2D eigenvalue weighted by molar-refractivity contribution is 5.89. The van der Waals surface area contributed by atoms with Crippen LogP contribution in [0.15, 0.2) is 54.6 Å². The van der Waals surface area contributed by atoms with Gasteiger partial charge in [0.25, 0.3) is 6.36 Å². The number of aliphatic hydroxyl groups is 1. The number of hydrogen-bond acceptors (Lipinski definition) is 3. The van der Waals surface area contributed by atoms with Crippen LogP contribution in [0, 0.1) is 0 Å². The molecule has 1 unspecified atom stereocenters. The number of alkyl halides is 1. The Morgan fingerprint density at radius 3 is 2.19 bits per heavy atom. The van der Waals surface area contributed by atoms with E-state index in [4.69, 9.17) is 4.74 Å². The van der Waals surface area contributed by atoms with Crippen LogP contribution in [0.2, 0.25) is 0 Å². The number of carbonyl (C=O) groups excluding carboxylic acids is 1. The van der Waals surface area contributed by atoms with Gasteiger partial charge < -0.3 is 9.84 Å². The van der Waals surface area contributed by atoms with Crippen molar-refractivity contribution in [1.29, 1.82) is 0 Å². The summed E-state index contributed by atoms with van der Waals surface area (Å²) >= 11 is 0. The number of ether oxygens (including phenoxy) is 1. The van der Waals surface area contributed by atoms with Crippen molar-refractivity contribution in [3.63, 3.8) is 0 Å². The van der Waals surface area contributed by atoms with E-state index in [1.54, 1.807) is 56.3 Å². The van der Waals surface area contributed by atoms with E-state index in [1.807, 2.05) is 0 Å². The van der Waals surface area contributed by atoms with E-state index in [0.29, 0.717) is 11.1 Å². The van der Waals surface area contributed by atoms with Gasteiger partial charge in [0.2, 0.25) is 0 Å². The Hall–Kier alpha value is -2.20. The predicted molar refractivity (Wildman–Crippen MR) is 77.4 cm³/mol. The molecule has 0 radical (unpaired) electrons. The summed E-state index contributed by atoms with van der Waals surface area (Å²) in [5, 5.41) is 9.83. The highest BCUT2D eigenvalue weighted by atomic mass is 19.1. The van der Waals surface area contributed by atoms with Crippen molar-refractivity contribution in [3.8, 4) is 0 Å². The van der Waals surface area contributed by atoms with Gasteiger partial charge in [0, 0.05) is 5.56 Å². The monoisotopic (exact) mass is 288 g/mol. The summed E-state index contributed by atoms with van der Waals surface area (Å²) in [5.41, 5.74) is 0.193. The van der Waals surface area contributed by atoms with Gasteiger partial charge in [0.05, 0.1) is 11.2 Å². The average molecular weight is 288 g/mol. The lowest BCUT2D eigenvalue weighted by atomic mass is 9.97. The van der Waals surface area contributed by atoms with Crippen LogP contribution in [-0.4, -0.2) is 11.1 Å². The van der Waals surface area contributed by atoms with Gasteiger partial charge in [-0.2, -0.15) is 4.39 Å². The van der Waals surface area contributed by atoms with Crippen molar-refractivity contribution < 1.29 is 19.0 Å². The molecule has 0 aromatic heterocycles. The van der Waals surface area contributed by atoms with E-state index in [2.05, 4.69) is 0 Å². The molecule has 2 aromatic rings. The molecule has 21 heavy (non-hydrogen) atoms. The molecule has 0 bridgehead atoms. The summed E-state index contributed by atoms with van der Waals surface area (Å²) in [6.45, 7) is 3.29. The summed E-state index contributed by atoms with van der Waals surface area (Å²) < 4.78 is 18.8. The molecule has 2 aromatic carbocycles. The largest absolute Gasteiger partial charge is 0.423 e. The van der Waals surface area contributed by atoms with E-state index < -0.39 is 17.9 Å². The molecule has 0 aliphatic heterocycles. The summed E-state index contributed by atoms with van der Waals surface area (Å²) in [4.78, 5) is 11.8. The lowest BCUT2D eigenvalue weighted by Gasteiger charge is -2.18. The van der Waals surface area contributed by atoms with Crippen molar-refractivity contribution in [2.75, 3.05) is 0 Å². The van der Waals surface area contributed by atoms with Gasteiger partial charge in [-0.25, -0.2) is 4.79 Å². The van der Waals surface area contributed by atoms with Crippen LogP contribution in [0.3, 0.4) is 0 Å². The predicted octanol–water partition coefficient (Wildman–Crippen LogP) is 3.74. The van der Waals surface area contributed by atoms with Crippen LogP contribution >= 0.6 is 0 Å². The fourth-order valence-corrected chi connectivity index (χ4v) is 1.85. The Labute approximate surface area is 123 Å². The maximum atomic E-state index is 14.0. The second kappa shape index (κ2) is 6.06. The van der Waals surface area contributed by atoms with Crippen molar-refractivity contribution in [3.05, 3.63) is 71.3 Å². The van der Waals surface area contributed by atoms with Gasteiger partial charge in [-0.1, -0.05) is 42.5 Å². The molecule has 1 atom stereocenters. The van der Waals surface area contributed by atoms with E-state index in [9.17, 15) is 14.3 Å². The topological polar surface area (TPSA) is 46.5 Å². The molecule has 0 spiro atoms. The van der Waals surface area contributed by atoms with Gasteiger partial charge >= 0.3 is 5.97 Å². The standard InChI is InChI=1S/C17H17FO3/c1-17(2,20)14-10-8-12(9-11-14)15(18)21-16(19)13-6-4-3-5-7-13/h3-11,15,20H,1-2H3. The van der Waals surface area contributed by atoms with Crippen LogP contribution in [0.4, 0.5) is 4.39 Å². The minimum atomic E-state index is -1.84. The quantitative estimate of drug-likeness (QED) is 0.872. The second-order valence-electron chi connectivity index (χ2n) is 5.27. The number of rotatable bonds is 4. The van der Waals surface area contributed by atoms with Crippen LogP contribution in [0.5, 0.6) is 0 Å². The molecular weight excluding hydrogens is 271 g/mol. The van der Waals surface area contributed by atoms with Gasteiger partial charge in [-0.15, -0.1) is 0 Å². The van der Waals surface area contributed by atoms with Crippen LogP contribution in [-0.2, 0) is 10.3 Å². The first-order chi connectivity index (χ1) is 9.88. The van der Waals surface area contributed by atoms with E-state index in [0.717, 1.165) is 0 Å². The van der Waals surface area contributed by atoms with Gasteiger partial charge in [-0.3, -0.25) is 0 Å². The van der Waals surface area contributed by atoms with Crippen molar-refractivity contribution in [1.82, 2.24) is 0 Å². The van der Waals surface area contributed by atoms with E-state index in [-0.39, 0.29) is 5.56 Å². The molecular formula is C17H17FO3. The number of halogens is 1. The fourth-order valence-electron chi connectivity index (χ4n) is 1.85. The zero-order valence-corrected chi connectivity index (χ0v) is 11.9. The Balaban J connectivity index is 2.07. The third-order valence-electron chi connectivity index (χ3n) is 3.10. The second-order valence-corrected chi connectivity index (χ2v) is 5.27. The molecule has 0 aliphatic rings. The zero-order valence-electron chi connectivity index (χ0n) is 11.9. The van der Waals surface area contributed by atoms with Crippen LogP contribution in [0.1, 0.15) is 41.7 Å². The highest BCUT2D eigenvalue weighted by Gasteiger charge is 2.19. The first-order valence-corrected chi connectivity index (χ1v) is 6.61. The molecule has 3 nitrogen and oxygen atoms in total. The van der Waals surface area contributed by atoms with E-state index >= 15 is 0 Å².